The Morgan fingerprint density at radius 1 is 1.00 bits per heavy atom. The van der Waals surface area contributed by atoms with Gasteiger partial charge in [-0.2, -0.15) is 0 Å². The highest BCUT2D eigenvalue weighted by Crippen LogP contribution is 2.28. The van der Waals surface area contributed by atoms with E-state index in [4.69, 9.17) is 21.3 Å². The Hall–Kier alpha value is -3.81. The van der Waals surface area contributed by atoms with E-state index in [1.165, 1.54) is 5.56 Å². The second-order valence-electron chi connectivity index (χ2n) is 8.78. The van der Waals surface area contributed by atoms with Crippen molar-refractivity contribution < 1.29 is 9.53 Å². The van der Waals surface area contributed by atoms with Crippen molar-refractivity contribution in [3.8, 4) is 5.75 Å². The number of carbonyl (C=O) groups is 1. The monoisotopic (exact) mass is 542 g/mol. The fraction of sp³-hybridized carbons (Fsp3) is 0.167. The summed E-state index contributed by atoms with van der Waals surface area (Å²) in [5.41, 5.74) is 5.80. The molecule has 0 saturated heterocycles. The van der Waals surface area contributed by atoms with Crippen LogP contribution in [0.2, 0.25) is 5.02 Å². The minimum absolute atomic E-state index is 0.100. The fourth-order valence-electron chi connectivity index (χ4n) is 4.14. The minimum atomic E-state index is -0.100. The number of thioether (sulfide) groups is 1. The number of pyridine rings is 1. The van der Waals surface area contributed by atoms with Gasteiger partial charge < -0.3 is 14.6 Å². The predicted molar refractivity (Wildman–Crippen MR) is 153 cm³/mol. The molecule has 6 nitrogen and oxygen atoms in total. The molecule has 0 bridgehead atoms. The Morgan fingerprint density at radius 2 is 1.76 bits per heavy atom. The van der Waals surface area contributed by atoms with Crippen LogP contribution in [0.4, 0.5) is 0 Å². The molecule has 0 atom stereocenters. The van der Waals surface area contributed by atoms with Gasteiger partial charge in [0.05, 0.1) is 30.9 Å². The average Bonchev–Trinajstić information content (AvgIpc) is 3.30. The van der Waals surface area contributed by atoms with Gasteiger partial charge in [0.15, 0.2) is 5.16 Å². The summed E-state index contributed by atoms with van der Waals surface area (Å²) in [7, 11) is 1.67. The lowest BCUT2D eigenvalue weighted by atomic mass is 10.1. The number of hydrogen-bond acceptors (Lipinski definition) is 5. The molecule has 0 aliphatic heterocycles. The van der Waals surface area contributed by atoms with Crippen LogP contribution in [0.3, 0.4) is 0 Å². The van der Waals surface area contributed by atoms with Crippen LogP contribution in [0.15, 0.2) is 96.4 Å². The normalized spacial score (nSPS) is 11.0. The molecular formula is C30H27ClN4O2S. The largest absolute Gasteiger partial charge is 0.497 e. The van der Waals surface area contributed by atoms with E-state index in [0.717, 1.165) is 43.8 Å². The van der Waals surface area contributed by atoms with Gasteiger partial charge in [-0.25, -0.2) is 4.98 Å². The van der Waals surface area contributed by atoms with Crippen molar-refractivity contribution in [3.63, 3.8) is 0 Å². The summed E-state index contributed by atoms with van der Waals surface area (Å²) in [6.45, 7) is 1.15. The summed E-state index contributed by atoms with van der Waals surface area (Å²) in [4.78, 5) is 21.8. The quantitative estimate of drug-likeness (QED) is 0.207. The number of rotatable bonds is 10. The highest BCUT2D eigenvalue weighted by molar-refractivity contribution is 7.98. The number of methoxy groups -OCH3 is 1. The van der Waals surface area contributed by atoms with E-state index in [9.17, 15) is 4.79 Å². The van der Waals surface area contributed by atoms with Crippen LogP contribution in [0.25, 0.3) is 11.0 Å². The molecular weight excluding hydrogens is 516 g/mol. The standard InChI is InChI=1S/C30H27ClN4O2S/c1-37-25-12-8-22(9-13-25)20-38-30-34-27-15-16-32-18-28(27)35(30)19-21-6-10-24(11-7-21)29(36)33-17-14-23-4-2-3-5-26(23)31/h2-13,15-16,18H,14,17,19-20H2,1H3,(H,33,36). The highest BCUT2D eigenvalue weighted by atomic mass is 35.5. The number of nitrogens with zero attached hydrogens (tertiary/aromatic N) is 3. The Balaban J connectivity index is 1.25. The fourth-order valence-corrected chi connectivity index (χ4v) is 5.34. The molecule has 0 aliphatic rings. The van der Waals surface area contributed by atoms with Crippen molar-refractivity contribution in [1.29, 1.82) is 0 Å². The third-order valence-electron chi connectivity index (χ3n) is 6.24. The van der Waals surface area contributed by atoms with Crippen LogP contribution in [0.5, 0.6) is 5.75 Å². The molecule has 8 heteroatoms. The van der Waals surface area contributed by atoms with Crippen molar-refractivity contribution in [1.82, 2.24) is 19.9 Å². The molecule has 0 radical (unpaired) electrons. The van der Waals surface area contributed by atoms with Gasteiger partial charge in [0.1, 0.15) is 5.75 Å². The van der Waals surface area contributed by atoms with E-state index >= 15 is 0 Å². The summed E-state index contributed by atoms with van der Waals surface area (Å²) in [6.07, 6.45) is 4.29. The maximum absolute atomic E-state index is 12.7. The maximum Gasteiger partial charge on any atom is 0.251 e. The number of ether oxygens (including phenoxy) is 1. The lowest BCUT2D eigenvalue weighted by Crippen LogP contribution is -2.25. The van der Waals surface area contributed by atoms with Crippen LogP contribution >= 0.6 is 23.4 Å². The van der Waals surface area contributed by atoms with Gasteiger partial charge in [0, 0.05) is 29.1 Å². The molecule has 38 heavy (non-hydrogen) atoms. The second-order valence-corrected chi connectivity index (χ2v) is 10.1. The van der Waals surface area contributed by atoms with Crippen molar-refractivity contribution in [2.24, 2.45) is 0 Å². The first kappa shape index (κ1) is 25.8. The van der Waals surface area contributed by atoms with E-state index in [-0.39, 0.29) is 5.91 Å². The first-order valence-corrected chi connectivity index (χ1v) is 13.6. The zero-order valence-corrected chi connectivity index (χ0v) is 22.5. The molecule has 5 aromatic rings. The number of amides is 1. The zero-order valence-electron chi connectivity index (χ0n) is 20.9. The molecule has 1 N–H and O–H groups in total. The summed E-state index contributed by atoms with van der Waals surface area (Å²) in [5.74, 6) is 1.53. The molecule has 3 aromatic carbocycles. The predicted octanol–water partition coefficient (Wildman–Crippen LogP) is 6.41. The lowest BCUT2D eigenvalue weighted by molar-refractivity contribution is 0.0954. The Labute approximate surface area is 231 Å². The first-order valence-electron chi connectivity index (χ1n) is 12.3. The topological polar surface area (TPSA) is 69.0 Å². The Bertz CT molecular complexity index is 1530. The Kier molecular flexibility index (Phi) is 8.26. The van der Waals surface area contributed by atoms with Crippen molar-refractivity contribution in [2.45, 2.75) is 23.9 Å². The van der Waals surface area contributed by atoms with E-state index < -0.39 is 0 Å². The van der Waals surface area contributed by atoms with Crippen molar-refractivity contribution >= 4 is 40.3 Å². The molecule has 0 fully saturated rings. The van der Waals surface area contributed by atoms with E-state index in [1.54, 1.807) is 25.1 Å². The van der Waals surface area contributed by atoms with Crippen molar-refractivity contribution in [2.75, 3.05) is 13.7 Å². The minimum Gasteiger partial charge on any atom is -0.497 e. The zero-order chi connectivity index (χ0) is 26.3. The van der Waals surface area contributed by atoms with Crippen LogP contribution in [-0.4, -0.2) is 34.1 Å². The molecule has 2 heterocycles. The molecule has 0 spiro atoms. The number of aromatic nitrogens is 3. The third kappa shape index (κ3) is 6.18. The maximum atomic E-state index is 12.7. The van der Waals surface area contributed by atoms with Crippen LogP contribution in [0, 0.1) is 0 Å². The average molecular weight is 543 g/mol. The van der Waals surface area contributed by atoms with Gasteiger partial charge in [-0.05, 0) is 59.5 Å². The lowest BCUT2D eigenvalue weighted by Gasteiger charge is -2.11. The molecule has 5 rings (SSSR count). The number of fused-ring (bicyclic) bond motifs is 1. The van der Waals surface area contributed by atoms with Crippen molar-refractivity contribution in [3.05, 3.63) is 119 Å². The molecule has 0 saturated carbocycles. The number of halogens is 1. The summed E-state index contributed by atoms with van der Waals surface area (Å²) in [5, 5.41) is 4.62. The first-order chi connectivity index (χ1) is 18.6. The van der Waals surface area contributed by atoms with Gasteiger partial charge in [-0.3, -0.25) is 9.78 Å². The van der Waals surface area contributed by atoms with Gasteiger partial charge in [-0.1, -0.05) is 65.8 Å². The number of hydrogen-bond donors (Lipinski definition) is 1. The van der Waals surface area contributed by atoms with E-state index in [0.29, 0.717) is 25.1 Å². The number of carbonyl (C=O) groups excluding carboxylic acids is 1. The summed E-state index contributed by atoms with van der Waals surface area (Å²) < 4.78 is 7.44. The van der Waals surface area contributed by atoms with Gasteiger partial charge in [-0.15, -0.1) is 0 Å². The van der Waals surface area contributed by atoms with Gasteiger partial charge in [0.2, 0.25) is 0 Å². The Morgan fingerprint density at radius 3 is 2.53 bits per heavy atom. The molecule has 192 valence electrons. The highest BCUT2D eigenvalue weighted by Gasteiger charge is 2.13. The summed E-state index contributed by atoms with van der Waals surface area (Å²) >= 11 is 7.90. The van der Waals surface area contributed by atoms with Crippen LogP contribution in [0.1, 0.15) is 27.0 Å². The number of nitrogens with one attached hydrogen (secondary N) is 1. The number of imidazole rings is 1. The van der Waals surface area contributed by atoms with Gasteiger partial charge >= 0.3 is 0 Å². The number of benzene rings is 3. The van der Waals surface area contributed by atoms with Crippen LogP contribution < -0.4 is 10.1 Å². The molecule has 0 unspecified atom stereocenters. The second kappa shape index (κ2) is 12.2. The van der Waals surface area contributed by atoms with Crippen LogP contribution in [-0.2, 0) is 18.7 Å². The molecule has 2 aromatic heterocycles. The van der Waals surface area contributed by atoms with Gasteiger partial charge in [0.25, 0.3) is 5.91 Å². The van der Waals surface area contributed by atoms with E-state index in [1.807, 2.05) is 72.9 Å². The van der Waals surface area contributed by atoms with E-state index in [2.05, 4.69) is 27.0 Å². The SMILES string of the molecule is COc1ccc(CSc2nc3ccncc3n2Cc2ccc(C(=O)NCCc3ccccc3Cl)cc2)cc1. The third-order valence-corrected chi connectivity index (χ3v) is 7.65. The molecule has 1 amide bonds. The molecule has 0 aliphatic carbocycles. The smallest absolute Gasteiger partial charge is 0.251 e. The summed E-state index contributed by atoms with van der Waals surface area (Å²) in [6, 6.07) is 25.4.